The quantitative estimate of drug-likeness (QED) is 0.920. The molecule has 1 N–H and O–H groups in total. The monoisotopic (exact) mass is 294 g/mol. The van der Waals surface area contributed by atoms with E-state index in [4.69, 9.17) is 9.47 Å². The van der Waals surface area contributed by atoms with E-state index in [2.05, 4.69) is 0 Å². The van der Waals surface area contributed by atoms with Crippen LogP contribution in [0.15, 0.2) is 36.4 Å². The van der Waals surface area contributed by atoms with Crippen LogP contribution in [0.5, 0.6) is 11.5 Å². The van der Waals surface area contributed by atoms with Gasteiger partial charge in [-0.1, -0.05) is 12.1 Å². The summed E-state index contributed by atoms with van der Waals surface area (Å²) in [4.78, 5) is 0. The number of methoxy groups -OCH3 is 2. The minimum absolute atomic E-state index is 0.139. The third-order valence-electron chi connectivity index (χ3n) is 3.25. The van der Waals surface area contributed by atoms with Gasteiger partial charge in [0.15, 0.2) is 11.5 Å². The van der Waals surface area contributed by atoms with Crippen molar-refractivity contribution in [3.8, 4) is 11.5 Å². The summed E-state index contributed by atoms with van der Waals surface area (Å²) in [5.74, 6) is -0.377. The Kier molecular flexibility index (Phi) is 4.75. The van der Waals surface area contributed by atoms with Crippen molar-refractivity contribution in [3.63, 3.8) is 0 Å². The maximum Gasteiger partial charge on any atom is 0.161 e. The lowest BCUT2D eigenvalue weighted by Crippen LogP contribution is -2.06. The highest BCUT2D eigenvalue weighted by Gasteiger charge is 2.17. The first-order valence-electron chi connectivity index (χ1n) is 6.39. The van der Waals surface area contributed by atoms with E-state index in [-0.39, 0.29) is 12.0 Å². The lowest BCUT2D eigenvalue weighted by Gasteiger charge is -2.15. The van der Waals surface area contributed by atoms with Crippen LogP contribution in [0.4, 0.5) is 8.78 Å². The molecule has 0 bridgehead atoms. The molecular weight excluding hydrogens is 278 g/mol. The van der Waals surface area contributed by atoms with Gasteiger partial charge in [-0.05, 0) is 29.8 Å². The van der Waals surface area contributed by atoms with Crippen molar-refractivity contribution in [3.05, 3.63) is 59.2 Å². The first-order chi connectivity index (χ1) is 10.1. The molecule has 2 aromatic rings. The number of ether oxygens (including phenoxy) is 2. The van der Waals surface area contributed by atoms with Crippen LogP contribution in [-0.2, 0) is 6.42 Å². The van der Waals surface area contributed by atoms with Crippen LogP contribution >= 0.6 is 0 Å². The van der Waals surface area contributed by atoms with Crippen LogP contribution in [0.2, 0.25) is 0 Å². The zero-order chi connectivity index (χ0) is 15.4. The van der Waals surface area contributed by atoms with E-state index in [0.29, 0.717) is 17.1 Å². The van der Waals surface area contributed by atoms with Crippen molar-refractivity contribution in [1.29, 1.82) is 0 Å². The Hall–Kier alpha value is -2.14. The number of aliphatic hydroxyl groups is 1. The maximum atomic E-state index is 13.6. The summed E-state index contributed by atoms with van der Waals surface area (Å²) in [6.07, 6.45) is -1.20. The van der Waals surface area contributed by atoms with E-state index in [0.717, 1.165) is 0 Å². The molecule has 1 unspecified atom stereocenters. The van der Waals surface area contributed by atoms with Crippen molar-refractivity contribution in [1.82, 2.24) is 0 Å². The van der Waals surface area contributed by atoms with E-state index in [1.165, 1.54) is 32.4 Å². The second-order valence-electron chi connectivity index (χ2n) is 4.53. The number of aliphatic hydroxyl groups excluding tert-OH is 1. The molecule has 0 aliphatic carbocycles. The first-order valence-corrected chi connectivity index (χ1v) is 6.39. The summed E-state index contributed by atoms with van der Waals surface area (Å²) in [5, 5.41) is 10.2. The van der Waals surface area contributed by atoms with Gasteiger partial charge >= 0.3 is 0 Å². The molecule has 0 spiro atoms. The molecule has 2 aromatic carbocycles. The molecule has 0 fully saturated rings. The van der Waals surface area contributed by atoms with Gasteiger partial charge in [0.1, 0.15) is 11.6 Å². The van der Waals surface area contributed by atoms with Crippen LogP contribution in [0.25, 0.3) is 0 Å². The average Bonchev–Trinajstić information content (AvgIpc) is 2.50. The molecule has 0 aromatic heterocycles. The predicted octanol–water partition coefficient (Wildman–Crippen LogP) is 3.26. The van der Waals surface area contributed by atoms with E-state index >= 15 is 0 Å². The fourth-order valence-electron chi connectivity index (χ4n) is 2.10. The second-order valence-corrected chi connectivity index (χ2v) is 4.53. The molecule has 21 heavy (non-hydrogen) atoms. The van der Waals surface area contributed by atoms with Crippen LogP contribution in [0.3, 0.4) is 0 Å². The Morgan fingerprint density at radius 2 is 1.62 bits per heavy atom. The Balaban J connectivity index is 2.26. The van der Waals surface area contributed by atoms with Gasteiger partial charge < -0.3 is 14.6 Å². The third-order valence-corrected chi connectivity index (χ3v) is 3.25. The van der Waals surface area contributed by atoms with E-state index in [1.807, 2.05) is 0 Å². The third kappa shape index (κ3) is 3.31. The smallest absolute Gasteiger partial charge is 0.161 e. The Labute approximate surface area is 121 Å². The SMILES string of the molecule is COc1ccc(C(O)Cc2c(F)cccc2F)cc1OC. The summed E-state index contributed by atoms with van der Waals surface area (Å²) >= 11 is 0. The van der Waals surface area contributed by atoms with Crippen molar-refractivity contribution < 1.29 is 23.4 Å². The number of halogens is 2. The topological polar surface area (TPSA) is 38.7 Å². The highest BCUT2D eigenvalue weighted by molar-refractivity contribution is 5.43. The summed E-state index contributed by atoms with van der Waals surface area (Å²) in [5.41, 5.74) is 0.357. The van der Waals surface area contributed by atoms with Gasteiger partial charge in [-0.15, -0.1) is 0 Å². The zero-order valence-electron chi connectivity index (χ0n) is 11.8. The van der Waals surface area contributed by atoms with Crippen molar-refractivity contribution in [2.24, 2.45) is 0 Å². The molecule has 5 heteroatoms. The molecule has 0 amide bonds. The van der Waals surface area contributed by atoms with Gasteiger partial charge in [0.25, 0.3) is 0 Å². The molecule has 0 saturated carbocycles. The standard InChI is InChI=1S/C16H16F2O3/c1-20-15-7-6-10(8-16(15)21-2)14(19)9-11-12(17)4-3-5-13(11)18/h3-8,14,19H,9H2,1-2H3. The summed E-state index contributed by atoms with van der Waals surface area (Å²) < 4.78 is 37.4. The maximum absolute atomic E-state index is 13.6. The zero-order valence-corrected chi connectivity index (χ0v) is 11.8. The largest absolute Gasteiger partial charge is 0.493 e. The van der Waals surface area contributed by atoms with E-state index in [1.54, 1.807) is 18.2 Å². The normalized spacial score (nSPS) is 12.0. The molecule has 0 aliphatic heterocycles. The van der Waals surface area contributed by atoms with Gasteiger partial charge in [0.2, 0.25) is 0 Å². The highest BCUT2D eigenvalue weighted by atomic mass is 19.1. The minimum Gasteiger partial charge on any atom is -0.493 e. The highest BCUT2D eigenvalue weighted by Crippen LogP contribution is 2.31. The molecular formula is C16H16F2O3. The molecule has 0 saturated heterocycles. The summed E-state index contributed by atoms with van der Waals surface area (Å²) in [7, 11) is 2.98. The molecule has 112 valence electrons. The lowest BCUT2D eigenvalue weighted by molar-refractivity contribution is 0.175. The van der Waals surface area contributed by atoms with Crippen LogP contribution in [0.1, 0.15) is 17.2 Å². The fourth-order valence-corrected chi connectivity index (χ4v) is 2.10. The summed E-state index contributed by atoms with van der Waals surface area (Å²) in [6.45, 7) is 0. The van der Waals surface area contributed by atoms with Crippen molar-refractivity contribution in [2.45, 2.75) is 12.5 Å². The lowest BCUT2D eigenvalue weighted by atomic mass is 10.00. The number of benzene rings is 2. The van der Waals surface area contributed by atoms with Gasteiger partial charge in [-0.25, -0.2) is 8.78 Å². The van der Waals surface area contributed by atoms with Crippen LogP contribution < -0.4 is 9.47 Å². The number of rotatable bonds is 5. The molecule has 0 radical (unpaired) electrons. The van der Waals surface area contributed by atoms with Crippen LogP contribution in [-0.4, -0.2) is 19.3 Å². The molecule has 2 rings (SSSR count). The minimum atomic E-state index is -1.05. The van der Waals surface area contributed by atoms with Gasteiger partial charge in [-0.3, -0.25) is 0 Å². The fraction of sp³-hybridized carbons (Fsp3) is 0.250. The molecule has 0 heterocycles. The van der Waals surface area contributed by atoms with E-state index < -0.39 is 17.7 Å². The summed E-state index contributed by atoms with van der Waals surface area (Å²) in [6, 6.07) is 8.47. The Morgan fingerprint density at radius 1 is 1.00 bits per heavy atom. The molecule has 3 nitrogen and oxygen atoms in total. The first kappa shape index (κ1) is 15.3. The van der Waals surface area contributed by atoms with Gasteiger partial charge in [-0.2, -0.15) is 0 Å². The van der Waals surface area contributed by atoms with Crippen molar-refractivity contribution >= 4 is 0 Å². The predicted molar refractivity (Wildman–Crippen MR) is 74.6 cm³/mol. The molecule has 0 aliphatic rings. The van der Waals surface area contributed by atoms with E-state index in [9.17, 15) is 13.9 Å². The average molecular weight is 294 g/mol. The number of hydrogen-bond acceptors (Lipinski definition) is 3. The van der Waals surface area contributed by atoms with Gasteiger partial charge in [0.05, 0.1) is 20.3 Å². The number of hydrogen-bond donors (Lipinski definition) is 1. The van der Waals surface area contributed by atoms with Crippen molar-refractivity contribution in [2.75, 3.05) is 14.2 Å². The second kappa shape index (κ2) is 6.54. The molecule has 1 atom stereocenters. The Bertz CT molecular complexity index is 609. The van der Waals surface area contributed by atoms with Gasteiger partial charge in [0, 0.05) is 12.0 Å². The Morgan fingerprint density at radius 3 is 2.19 bits per heavy atom. The van der Waals surface area contributed by atoms with Crippen LogP contribution in [0, 0.1) is 11.6 Å².